The summed E-state index contributed by atoms with van der Waals surface area (Å²) >= 11 is 0. The first kappa shape index (κ1) is 9.56. The second-order valence-corrected chi connectivity index (χ2v) is 2.54. The van der Waals surface area contributed by atoms with Crippen LogP contribution in [0.25, 0.3) is 0 Å². The predicted octanol–water partition coefficient (Wildman–Crippen LogP) is 1.71. The molecule has 3 nitrogen and oxygen atoms in total. The van der Waals surface area contributed by atoms with Crippen LogP contribution in [-0.4, -0.2) is 14.2 Å². The van der Waals surface area contributed by atoms with Gasteiger partial charge >= 0.3 is 0 Å². The lowest BCUT2D eigenvalue weighted by molar-refractivity contribution is 0.181. The fourth-order valence-corrected chi connectivity index (χ4v) is 1.18. The van der Waals surface area contributed by atoms with Crippen molar-refractivity contribution >= 4 is 0 Å². The second-order valence-electron chi connectivity index (χ2n) is 2.54. The van der Waals surface area contributed by atoms with Crippen molar-refractivity contribution in [1.29, 1.82) is 5.26 Å². The van der Waals surface area contributed by atoms with Crippen LogP contribution >= 0.6 is 0 Å². The number of rotatable bonds is 3. The van der Waals surface area contributed by atoms with Gasteiger partial charge in [-0.05, 0) is 6.07 Å². The molecule has 0 aromatic heterocycles. The third kappa shape index (κ3) is 1.98. The highest BCUT2D eigenvalue weighted by Crippen LogP contribution is 2.23. The summed E-state index contributed by atoms with van der Waals surface area (Å²) in [5.41, 5.74) is 1.43. The van der Waals surface area contributed by atoms with E-state index in [9.17, 15) is 0 Å². The fourth-order valence-electron chi connectivity index (χ4n) is 1.18. The molecule has 1 aromatic carbocycles. The minimum absolute atomic E-state index is 0.457. The number of benzene rings is 1. The summed E-state index contributed by atoms with van der Waals surface area (Å²) in [4.78, 5) is 0. The molecule has 1 aromatic rings. The van der Waals surface area contributed by atoms with Gasteiger partial charge in [-0.2, -0.15) is 5.26 Å². The molecule has 0 amide bonds. The molecule has 0 aliphatic heterocycles. The zero-order valence-corrected chi connectivity index (χ0v) is 7.70. The molecule has 1 rings (SSSR count). The summed E-state index contributed by atoms with van der Waals surface area (Å²) in [5, 5.41) is 8.77. The zero-order chi connectivity index (χ0) is 9.68. The second kappa shape index (κ2) is 4.48. The van der Waals surface area contributed by atoms with E-state index in [1.807, 2.05) is 12.1 Å². The van der Waals surface area contributed by atoms with Crippen LogP contribution in [0.2, 0.25) is 0 Å². The lowest BCUT2D eigenvalue weighted by atomic mass is 10.1. The number of hydrogen-bond donors (Lipinski definition) is 0. The fraction of sp³-hybridized carbons (Fsp3) is 0.300. The predicted molar refractivity (Wildman–Crippen MR) is 48.4 cm³/mol. The average Bonchev–Trinajstić information content (AvgIpc) is 2.18. The quantitative estimate of drug-likeness (QED) is 0.705. The van der Waals surface area contributed by atoms with Gasteiger partial charge in [-0.25, -0.2) is 0 Å². The normalized spacial score (nSPS) is 9.31. The van der Waals surface area contributed by atoms with Crippen LogP contribution in [0.15, 0.2) is 18.2 Å². The van der Waals surface area contributed by atoms with E-state index >= 15 is 0 Å². The molecule has 0 N–H and O–H groups in total. The van der Waals surface area contributed by atoms with E-state index in [-0.39, 0.29) is 0 Å². The van der Waals surface area contributed by atoms with Crippen LogP contribution in [0, 0.1) is 11.3 Å². The molecule has 0 unspecified atom stereocenters. The molecule has 68 valence electrons. The van der Waals surface area contributed by atoms with E-state index in [4.69, 9.17) is 14.7 Å². The largest absolute Gasteiger partial charge is 0.495 e. The van der Waals surface area contributed by atoms with Gasteiger partial charge in [0.1, 0.15) is 11.8 Å². The van der Waals surface area contributed by atoms with Gasteiger partial charge in [0.2, 0.25) is 0 Å². The standard InChI is InChI=1S/C10H11NO2/c1-12-7-9-5-3-4-8(6-11)10(9)13-2/h3-5H,7H2,1-2H3. The van der Waals surface area contributed by atoms with E-state index in [0.717, 1.165) is 5.56 Å². The first-order valence-corrected chi connectivity index (χ1v) is 3.88. The molecule has 13 heavy (non-hydrogen) atoms. The minimum Gasteiger partial charge on any atom is -0.495 e. The molecule has 0 heterocycles. The van der Waals surface area contributed by atoms with E-state index in [0.29, 0.717) is 17.9 Å². The Bertz CT molecular complexity index is 328. The Balaban J connectivity index is 3.13. The number of nitrogens with zero attached hydrogens (tertiary/aromatic N) is 1. The van der Waals surface area contributed by atoms with Crippen molar-refractivity contribution in [3.63, 3.8) is 0 Å². The third-order valence-corrected chi connectivity index (χ3v) is 1.72. The van der Waals surface area contributed by atoms with E-state index in [2.05, 4.69) is 6.07 Å². The van der Waals surface area contributed by atoms with Gasteiger partial charge in [0.15, 0.2) is 0 Å². The van der Waals surface area contributed by atoms with Crippen LogP contribution in [0.3, 0.4) is 0 Å². The van der Waals surface area contributed by atoms with Crippen molar-refractivity contribution in [2.45, 2.75) is 6.61 Å². The van der Waals surface area contributed by atoms with Gasteiger partial charge in [0, 0.05) is 12.7 Å². The van der Waals surface area contributed by atoms with Gasteiger partial charge in [0.05, 0.1) is 19.3 Å². The number of ether oxygens (including phenoxy) is 2. The smallest absolute Gasteiger partial charge is 0.142 e. The Morgan fingerprint density at radius 3 is 2.69 bits per heavy atom. The van der Waals surface area contributed by atoms with Crippen LogP contribution in [-0.2, 0) is 11.3 Å². The lowest BCUT2D eigenvalue weighted by Crippen LogP contribution is -1.96. The SMILES string of the molecule is COCc1cccc(C#N)c1OC. The summed E-state index contributed by atoms with van der Waals surface area (Å²) in [5.74, 6) is 0.604. The molecule has 0 aliphatic rings. The molecule has 0 saturated carbocycles. The Labute approximate surface area is 77.5 Å². The summed E-state index contributed by atoms with van der Waals surface area (Å²) in [6.45, 7) is 0.457. The van der Waals surface area contributed by atoms with E-state index in [1.54, 1.807) is 20.3 Å². The molecule has 3 heteroatoms. The van der Waals surface area contributed by atoms with E-state index < -0.39 is 0 Å². The van der Waals surface area contributed by atoms with Crippen molar-refractivity contribution in [2.24, 2.45) is 0 Å². The lowest BCUT2D eigenvalue weighted by Gasteiger charge is -2.08. The Morgan fingerprint density at radius 2 is 2.15 bits per heavy atom. The first-order valence-electron chi connectivity index (χ1n) is 3.88. The first-order chi connectivity index (χ1) is 6.33. The van der Waals surface area contributed by atoms with Crippen LogP contribution in [0.4, 0.5) is 0 Å². The van der Waals surface area contributed by atoms with Crippen molar-refractivity contribution in [3.8, 4) is 11.8 Å². The maximum atomic E-state index is 8.77. The number of hydrogen-bond acceptors (Lipinski definition) is 3. The molecule has 0 spiro atoms. The molecule has 0 saturated heterocycles. The molecular weight excluding hydrogens is 166 g/mol. The van der Waals surface area contributed by atoms with Crippen molar-refractivity contribution in [2.75, 3.05) is 14.2 Å². The highest BCUT2D eigenvalue weighted by atomic mass is 16.5. The molecule has 0 radical (unpaired) electrons. The Morgan fingerprint density at radius 1 is 1.38 bits per heavy atom. The molecule has 0 aliphatic carbocycles. The minimum atomic E-state index is 0.457. The van der Waals surface area contributed by atoms with Crippen LogP contribution in [0.5, 0.6) is 5.75 Å². The third-order valence-electron chi connectivity index (χ3n) is 1.72. The molecular formula is C10H11NO2. The maximum absolute atomic E-state index is 8.77. The maximum Gasteiger partial charge on any atom is 0.142 e. The van der Waals surface area contributed by atoms with Gasteiger partial charge in [-0.1, -0.05) is 12.1 Å². The highest BCUT2D eigenvalue weighted by molar-refractivity contribution is 5.48. The average molecular weight is 177 g/mol. The molecule has 0 bridgehead atoms. The monoisotopic (exact) mass is 177 g/mol. The number of para-hydroxylation sites is 1. The Hall–Kier alpha value is -1.53. The molecule has 0 fully saturated rings. The summed E-state index contributed by atoms with van der Waals surface area (Å²) in [6, 6.07) is 7.48. The number of methoxy groups -OCH3 is 2. The van der Waals surface area contributed by atoms with E-state index in [1.165, 1.54) is 0 Å². The highest BCUT2D eigenvalue weighted by Gasteiger charge is 2.07. The van der Waals surface area contributed by atoms with Gasteiger partial charge in [-0.15, -0.1) is 0 Å². The summed E-state index contributed by atoms with van der Waals surface area (Å²) in [7, 11) is 3.16. The Kier molecular flexibility index (Phi) is 3.30. The van der Waals surface area contributed by atoms with Gasteiger partial charge < -0.3 is 9.47 Å². The van der Waals surface area contributed by atoms with Crippen LogP contribution in [0.1, 0.15) is 11.1 Å². The number of nitriles is 1. The molecule has 0 atom stereocenters. The van der Waals surface area contributed by atoms with Gasteiger partial charge in [-0.3, -0.25) is 0 Å². The topological polar surface area (TPSA) is 42.2 Å². The van der Waals surface area contributed by atoms with Crippen LogP contribution < -0.4 is 4.74 Å². The summed E-state index contributed by atoms with van der Waals surface area (Å²) in [6.07, 6.45) is 0. The zero-order valence-electron chi connectivity index (χ0n) is 7.70. The van der Waals surface area contributed by atoms with Gasteiger partial charge in [0.25, 0.3) is 0 Å². The van der Waals surface area contributed by atoms with Crippen molar-refractivity contribution in [3.05, 3.63) is 29.3 Å². The van der Waals surface area contributed by atoms with Crippen molar-refractivity contribution in [1.82, 2.24) is 0 Å². The van der Waals surface area contributed by atoms with Crippen molar-refractivity contribution < 1.29 is 9.47 Å². The summed E-state index contributed by atoms with van der Waals surface area (Å²) < 4.78 is 10.1.